The molecule has 17 heavy (non-hydrogen) atoms. The third-order valence-electron chi connectivity index (χ3n) is 2.15. The van der Waals surface area contributed by atoms with Gasteiger partial charge in [-0.15, -0.1) is 0 Å². The summed E-state index contributed by atoms with van der Waals surface area (Å²) in [5.74, 6) is 1.20. The van der Waals surface area contributed by atoms with E-state index in [0.717, 1.165) is 12.8 Å². The molecule has 0 aliphatic carbocycles. The van der Waals surface area contributed by atoms with Crippen molar-refractivity contribution >= 4 is 12.6 Å². The first-order valence-electron chi connectivity index (χ1n) is 5.94. The lowest BCUT2D eigenvalue weighted by molar-refractivity contribution is 0.301. The average Bonchev–Trinajstić information content (AvgIpc) is 2.33. The van der Waals surface area contributed by atoms with Gasteiger partial charge in [-0.1, -0.05) is 13.8 Å². The van der Waals surface area contributed by atoms with Crippen molar-refractivity contribution in [2.24, 2.45) is 0 Å². The van der Waals surface area contributed by atoms with E-state index < -0.39 is 7.12 Å². The van der Waals surface area contributed by atoms with Gasteiger partial charge >= 0.3 is 7.12 Å². The quantitative estimate of drug-likeness (QED) is 0.694. The van der Waals surface area contributed by atoms with Crippen LogP contribution in [0.3, 0.4) is 0 Å². The topological polar surface area (TPSA) is 58.9 Å². The summed E-state index contributed by atoms with van der Waals surface area (Å²) in [7, 11) is -1.51. The van der Waals surface area contributed by atoms with Crippen LogP contribution in [-0.4, -0.2) is 30.4 Å². The lowest BCUT2D eigenvalue weighted by atomic mass is 9.80. The van der Waals surface area contributed by atoms with Crippen molar-refractivity contribution in [1.82, 2.24) is 0 Å². The highest BCUT2D eigenvalue weighted by molar-refractivity contribution is 6.58. The molecule has 0 aliphatic heterocycles. The molecule has 0 saturated carbocycles. The van der Waals surface area contributed by atoms with E-state index in [9.17, 15) is 0 Å². The van der Waals surface area contributed by atoms with Gasteiger partial charge in [0.1, 0.15) is 11.5 Å². The second-order valence-electron chi connectivity index (χ2n) is 3.81. The van der Waals surface area contributed by atoms with Crippen molar-refractivity contribution in [2.75, 3.05) is 13.2 Å². The fourth-order valence-electron chi connectivity index (χ4n) is 1.35. The van der Waals surface area contributed by atoms with Gasteiger partial charge in [0.15, 0.2) is 0 Å². The fraction of sp³-hybridized carbons (Fsp3) is 0.500. The second kappa shape index (κ2) is 7.19. The monoisotopic (exact) mass is 238 g/mol. The molecule has 0 heterocycles. The summed E-state index contributed by atoms with van der Waals surface area (Å²) in [6, 6.07) is 4.98. The van der Waals surface area contributed by atoms with Crippen molar-refractivity contribution in [3.8, 4) is 11.5 Å². The Hall–Kier alpha value is -1.20. The van der Waals surface area contributed by atoms with Gasteiger partial charge in [-0.2, -0.15) is 0 Å². The van der Waals surface area contributed by atoms with Gasteiger partial charge in [-0.05, 0) is 30.4 Å². The molecule has 1 aromatic carbocycles. The lowest BCUT2D eigenvalue weighted by Crippen LogP contribution is -2.30. The molecular formula is C12H19BO4. The van der Waals surface area contributed by atoms with E-state index in [1.54, 1.807) is 18.2 Å². The highest BCUT2D eigenvalue weighted by Gasteiger charge is 2.14. The molecule has 0 atom stereocenters. The van der Waals surface area contributed by atoms with Crippen LogP contribution in [-0.2, 0) is 0 Å². The first-order chi connectivity index (χ1) is 8.17. The van der Waals surface area contributed by atoms with E-state index in [1.807, 2.05) is 13.8 Å². The maximum atomic E-state index is 9.17. The van der Waals surface area contributed by atoms with Crippen molar-refractivity contribution in [1.29, 1.82) is 0 Å². The van der Waals surface area contributed by atoms with Crippen LogP contribution in [0.25, 0.3) is 0 Å². The molecular weight excluding hydrogens is 219 g/mol. The summed E-state index contributed by atoms with van der Waals surface area (Å²) >= 11 is 0. The summed E-state index contributed by atoms with van der Waals surface area (Å²) in [5, 5.41) is 18.3. The van der Waals surface area contributed by atoms with Crippen molar-refractivity contribution < 1.29 is 19.5 Å². The Morgan fingerprint density at radius 1 is 0.941 bits per heavy atom. The smallest absolute Gasteiger partial charge is 0.488 e. The minimum absolute atomic E-state index is 0.379. The maximum absolute atomic E-state index is 9.17. The number of ether oxygens (including phenoxy) is 2. The highest BCUT2D eigenvalue weighted by Crippen LogP contribution is 2.18. The summed E-state index contributed by atoms with van der Waals surface area (Å²) in [6.45, 7) is 5.22. The largest absolute Gasteiger partial charge is 0.493 e. The minimum Gasteiger partial charge on any atom is -0.493 e. The zero-order chi connectivity index (χ0) is 12.7. The zero-order valence-corrected chi connectivity index (χ0v) is 10.3. The van der Waals surface area contributed by atoms with Crippen LogP contribution in [0.5, 0.6) is 11.5 Å². The van der Waals surface area contributed by atoms with Gasteiger partial charge < -0.3 is 19.5 Å². The molecule has 0 spiro atoms. The molecule has 5 heteroatoms. The Bertz CT molecular complexity index is 315. The SMILES string of the molecule is CCCOc1cc(OCCC)cc(B(O)O)c1. The van der Waals surface area contributed by atoms with E-state index in [4.69, 9.17) is 19.5 Å². The standard InChI is InChI=1S/C12H19BO4/c1-3-5-16-11-7-10(13(14)15)8-12(9-11)17-6-4-2/h7-9,14-15H,3-6H2,1-2H3. The zero-order valence-electron chi connectivity index (χ0n) is 10.3. The van der Waals surface area contributed by atoms with Crippen molar-refractivity contribution in [2.45, 2.75) is 26.7 Å². The first-order valence-corrected chi connectivity index (χ1v) is 5.94. The Labute approximate surface area is 102 Å². The van der Waals surface area contributed by atoms with Gasteiger partial charge in [0.05, 0.1) is 13.2 Å². The molecule has 0 saturated heterocycles. The van der Waals surface area contributed by atoms with Crippen LogP contribution >= 0.6 is 0 Å². The lowest BCUT2D eigenvalue weighted by Gasteiger charge is -2.11. The Balaban J connectivity index is 2.84. The molecule has 94 valence electrons. The fourth-order valence-corrected chi connectivity index (χ4v) is 1.35. The van der Waals surface area contributed by atoms with Crippen molar-refractivity contribution in [3.63, 3.8) is 0 Å². The molecule has 0 aromatic heterocycles. The molecule has 1 aromatic rings. The normalized spacial score (nSPS) is 10.1. The van der Waals surface area contributed by atoms with Crippen LogP contribution in [0.2, 0.25) is 0 Å². The Kier molecular flexibility index (Phi) is 5.87. The van der Waals surface area contributed by atoms with Crippen LogP contribution in [0.15, 0.2) is 18.2 Å². The van der Waals surface area contributed by atoms with Crippen molar-refractivity contribution in [3.05, 3.63) is 18.2 Å². The number of benzene rings is 1. The van der Waals surface area contributed by atoms with Gasteiger partial charge in [0, 0.05) is 6.07 Å². The Morgan fingerprint density at radius 2 is 1.41 bits per heavy atom. The Morgan fingerprint density at radius 3 is 1.76 bits per heavy atom. The van der Waals surface area contributed by atoms with E-state index >= 15 is 0 Å². The third-order valence-corrected chi connectivity index (χ3v) is 2.15. The minimum atomic E-state index is -1.51. The summed E-state index contributed by atoms with van der Waals surface area (Å²) in [6.07, 6.45) is 1.80. The molecule has 0 bridgehead atoms. The first kappa shape index (κ1) is 13.9. The molecule has 0 aliphatic rings. The molecule has 4 nitrogen and oxygen atoms in total. The summed E-state index contributed by atoms with van der Waals surface area (Å²) in [4.78, 5) is 0. The van der Waals surface area contributed by atoms with Crippen LogP contribution in [0, 0.1) is 0 Å². The van der Waals surface area contributed by atoms with E-state index in [0.29, 0.717) is 30.2 Å². The third kappa shape index (κ3) is 4.67. The second-order valence-corrected chi connectivity index (χ2v) is 3.81. The van der Waals surface area contributed by atoms with Gasteiger partial charge in [-0.25, -0.2) is 0 Å². The molecule has 0 amide bonds. The molecule has 1 rings (SSSR count). The van der Waals surface area contributed by atoms with Gasteiger partial charge in [0.2, 0.25) is 0 Å². The predicted molar refractivity (Wildman–Crippen MR) is 67.8 cm³/mol. The molecule has 0 radical (unpaired) electrons. The van der Waals surface area contributed by atoms with E-state index in [2.05, 4.69) is 0 Å². The number of rotatable bonds is 7. The molecule has 2 N–H and O–H groups in total. The number of hydrogen-bond acceptors (Lipinski definition) is 4. The van der Waals surface area contributed by atoms with Gasteiger partial charge in [0.25, 0.3) is 0 Å². The van der Waals surface area contributed by atoms with E-state index in [-0.39, 0.29) is 0 Å². The van der Waals surface area contributed by atoms with Crippen LogP contribution in [0.4, 0.5) is 0 Å². The highest BCUT2D eigenvalue weighted by atomic mass is 16.5. The molecule has 0 fully saturated rings. The van der Waals surface area contributed by atoms with Gasteiger partial charge in [-0.3, -0.25) is 0 Å². The summed E-state index contributed by atoms with van der Waals surface area (Å²) < 4.78 is 10.9. The predicted octanol–water partition coefficient (Wildman–Crippen LogP) is 0.944. The number of hydrogen-bond donors (Lipinski definition) is 2. The average molecular weight is 238 g/mol. The van der Waals surface area contributed by atoms with Crippen LogP contribution in [0.1, 0.15) is 26.7 Å². The van der Waals surface area contributed by atoms with Crippen LogP contribution < -0.4 is 14.9 Å². The maximum Gasteiger partial charge on any atom is 0.488 e. The van der Waals surface area contributed by atoms with E-state index in [1.165, 1.54) is 0 Å². The summed E-state index contributed by atoms with van der Waals surface area (Å²) in [5.41, 5.74) is 0.379. The molecule has 0 unspecified atom stereocenters.